The van der Waals surface area contributed by atoms with Crippen molar-refractivity contribution in [1.29, 1.82) is 0 Å². The fourth-order valence-electron chi connectivity index (χ4n) is 1.92. The highest BCUT2D eigenvalue weighted by molar-refractivity contribution is 5.68. The van der Waals surface area contributed by atoms with E-state index >= 15 is 0 Å². The molecule has 0 saturated heterocycles. The van der Waals surface area contributed by atoms with Gasteiger partial charge in [-0.1, -0.05) is 43.3 Å². The third-order valence-corrected chi connectivity index (χ3v) is 2.86. The van der Waals surface area contributed by atoms with Crippen molar-refractivity contribution in [3.8, 4) is 0 Å². The molecule has 20 heavy (non-hydrogen) atoms. The lowest BCUT2D eigenvalue weighted by molar-refractivity contribution is 0.0263. The first-order valence-electron chi connectivity index (χ1n) is 6.97. The fourth-order valence-corrected chi connectivity index (χ4v) is 1.92. The number of amides is 1. The van der Waals surface area contributed by atoms with E-state index in [0.717, 1.165) is 0 Å². The average Bonchev–Trinajstić information content (AvgIpc) is 2.37. The van der Waals surface area contributed by atoms with Crippen LogP contribution in [0.4, 0.5) is 4.79 Å². The Morgan fingerprint density at radius 3 is 2.45 bits per heavy atom. The Morgan fingerprint density at radius 1 is 1.35 bits per heavy atom. The Kier molecular flexibility index (Phi) is 5.81. The third kappa shape index (κ3) is 5.47. The molecule has 110 valence electrons. The molecule has 0 unspecified atom stereocenters. The number of benzene rings is 1. The predicted molar refractivity (Wildman–Crippen MR) is 82.9 cm³/mol. The van der Waals surface area contributed by atoms with Gasteiger partial charge in [0.25, 0.3) is 0 Å². The predicted octanol–water partition coefficient (Wildman–Crippen LogP) is 4.21. The number of carbonyl (C=O) groups excluding carboxylic acids is 1. The maximum atomic E-state index is 12.2. The van der Waals surface area contributed by atoms with Crippen LogP contribution in [-0.4, -0.2) is 29.7 Å². The van der Waals surface area contributed by atoms with E-state index in [2.05, 4.69) is 25.6 Å². The molecule has 0 aliphatic heterocycles. The number of nitrogens with zero attached hydrogens (tertiary/aromatic N) is 1. The lowest BCUT2D eigenvalue weighted by Gasteiger charge is -2.28. The van der Waals surface area contributed by atoms with E-state index in [9.17, 15) is 4.79 Å². The van der Waals surface area contributed by atoms with Crippen LogP contribution in [0.15, 0.2) is 43.0 Å². The second-order valence-electron chi connectivity index (χ2n) is 5.99. The summed E-state index contributed by atoms with van der Waals surface area (Å²) in [6.45, 7) is 12.5. The van der Waals surface area contributed by atoms with E-state index in [1.807, 2.05) is 39.0 Å². The van der Waals surface area contributed by atoms with Gasteiger partial charge in [0, 0.05) is 13.1 Å². The summed E-state index contributed by atoms with van der Waals surface area (Å²) >= 11 is 0. The molecule has 1 rings (SSSR count). The van der Waals surface area contributed by atoms with Crippen LogP contribution in [0.2, 0.25) is 0 Å². The summed E-state index contributed by atoms with van der Waals surface area (Å²) in [5, 5.41) is 0. The number of rotatable bonds is 5. The van der Waals surface area contributed by atoms with Crippen molar-refractivity contribution in [3.05, 3.63) is 48.6 Å². The van der Waals surface area contributed by atoms with Crippen molar-refractivity contribution in [3.63, 3.8) is 0 Å². The van der Waals surface area contributed by atoms with Gasteiger partial charge >= 0.3 is 6.09 Å². The molecule has 0 fully saturated rings. The quantitative estimate of drug-likeness (QED) is 0.753. The molecule has 3 heteroatoms. The normalized spacial score (nSPS) is 12.6. The second-order valence-corrected chi connectivity index (χ2v) is 5.99. The van der Waals surface area contributed by atoms with Gasteiger partial charge in [-0.2, -0.15) is 0 Å². The zero-order valence-electron chi connectivity index (χ0n) is 12.9. The Hall–Kier alpha value is -1.77. The van der Waals surface area contributed by atoms with Crippen molar-refractivity contribution in [2.24, 2.45) is 0 Å². The molecule has 0 aliphatic rings. The number of hydrogen-bond donors (Lipinski definition) is 0. The van der Waals surface area contributed by atoms with Gasteiger partial charge in [0.05, 0.1) is 0 Å². The molecule has 0 N–H and O–H groups in total. The van der Waals surface area contributed by atoms with E-state index in [1.54, 1.807) is 11.0 Å². The summed E-state index contributed by atoms with van der Waals surface area (Å²) in [6, 6.07) is 10.2. The van der Waals surface area contributed by atoms with Crippen molar-refractivity contribution in [2.45, 2.75) is 39.2 Å². The lowest BCUT2D eigenvalue weighted by Crippen LogP contribution is -2.38. The second kappa shape index (κ2) is 7.13. The molecular weight excluding hydrogens is 250 g/mol. The molecule has 0 aliphatic carbocycles. The van der Waals surface area contributed by atoms with Crippen LogP contribution >= 0.6 is 0 Å². The smallest absolute Gasteiger partial charge is 0.410 e. The van der Waals surface area contributed by atoms with Crippen molar-refractivity contribution >= 4 is 6.09 Å². The largest absolute Gasteiger partial charge is 0.444 e. The SMILES string of the molecule is C=CCN(C[C@@H](C)c1ccccc1)C(=O)OC(C)(C)C. The summed E-state index contributed by atoms with van der Waals surface area (Å²) < 4.78 is 5.43. The van der Waals surface area contributed by atoms with E-state index in [-0.39, 0.29) is 12.0 Å². The van der Waals surface area contributed by atoms with Crippen molar-refractivity contribution < 1.29 is 9.53 Å². The minimum absolute atomic E-state index is 0.253. The van der Waals surface area contributed by atoms with Gasteiger partial charge < -0.3 is 9.64 Å². The third-order valence-electron chi connectivity index (χ3n) is 2.86. The number of ether oxygens (including phenoxy) is 1. The highest BCUT2D eigenvalue weighted by atomic mass is 16.6. The molecule has 0 bridgehead atoms. The van der Waals surface area contributed by atoms with Gasteiger partial charge in [0.1, 0.15) is 5.60 Å². The lowest BCUT2D eigenvalue weighted by atomic mass is 10.0. The zero-order valence-corrected chi connectivity index (χ0v) is 12.9. The Bertz CT molecular complexity index is 434. The van der Waals surface area contributed by atoms with Gasteiger partial charge in [0.2, 0.25) is 0 Å². The summed E-state index contributed by atoms with van der Waals surface area (Å²) in [7, 11) is 0. The highest BCUT2D eigenvalue weighted by Gasteiger charge is 2.23. The van der Waals surface area contributed by atoms with Crippen LogP contribution in [0, 0.1) is 0 Å². The summed E-state index contributed by atoms with van der Waals surface area (Å²) in [5.41, 5.74) is 0.733. The van der Waals surface area contributed by atoms with Crippen molar-refractivity contribution in [2.75, 3.05) is 13.1 Å². The molecule has 1 aromatic rings. The van der Waals surface area contributed by atoms with Crippen LogP contribution in [0.1, 0.15) is 39.2 Å². The minimum Gasteiger partial charge on any atom is -0.444 e. The van der Waals surface area contributed by atoms with Gasteiger partial charge in [-0.05, 0) is 32.3 Å². The van der Waals surface area contributed by atoms with E-state index in [4.69, 9.17) is 4.74 Å². The first kappa shape index (κ1) is 16.3. The number of carbonyl (C=O) groups is 1. The fraction of sp³-hybridized carbons (Fsp3) is 0.471. The molecule has 0 spiro atoms. The Morgan fingerprint density at radius 2 is 1.95 bits per heavy atom. The monoisotopic (exact) mass is 275 g/mol. The standard InChI is InChI=1S/C17H25NO2/c1-6-12-18(16(19)20-17(3,4)5)13-14(2)15-10-8-7-9-11-15/h6-11,14H,1,12-13H2,2-5H3/t14-/m1/s1. The van der Waals surface area contributed by atoms with E-state index in [0.29, 0.717) is 13.1 Å². The van der Waals surface area contributed by atoms with E-state index < -0.39 is 5.60 Å². The molecule has 0 aromatic heterocycles. The average molecular weight is 275 g/mol. The van der Waals surface area contributed by atoms with Crippen LogP contribution in [-0.2, 0) is 4.74 Å². The first-order valence-corrected chi connectivity index (χ1v) is 6.97. The molecule has 0 radical (unpaired) electrons. The van der Waals surface area contributed by atoms with E-state index in [1.165, 1.54) is 5.56 Å². The molecular formula is C17H25NO2. The van der Waals surface area contributed by atoms with Gasteiger partial charge in [-0.3, -0.25) is 0 Å². The van der Waals surface area contributed by atoms with Gasteiger partial charge in [-0.15, -0.1) is 6.58 Å². The summed E-state index contributed by atoms with van der Waals surface area (Å²) in [5.74, 6) is 0.253. The maximum Gasteiger partial charge on any atom is 0.410 e. The summed E-state index contributed by atoms with van der Waals surface area (Å²) in [4.78, 5) is 13.9. The number of hydrogen-bond acceptors (Lipinski definition) is 2. The first-order chi connectivity index (χ1) is 9.33. The minimum atomic E-state index is -0.480. The molecule has 0 heterocycles. The molecule has 0 saturated carbocycles. The van der Waals surface area contributed by atoms with Crippen LogP contribution in [0.25, 0.3) is 0 Å². The molecule has 1 aromatic carbocycles. The van der Waals surface area contributed by atoms with Crippen LogP contribution in [0.3, 0.4) is 0 Å². The molecule has 1 amide bonds. The highest BCUT2D eigenvalue weighted by Crippen LogP contribution is 2.18. The Balaban J connectivity index is 2.72. The van der Waals surface area contributed by atoms with Crippen LogP contribution in [0.5, 0.6) is 0 Å². The van der Waals surface area contributed by atoms with Crippen LogP contribution < -0.4 is 0 Å². The topological polar surface area (TPSA) is 29.5 Å². The molecule has 1 atom stereocenters. The van der Waals surface area contributed by atoms with Gasteiger partial charge in [0.15, 0.2) is 0 Å². The van der Waals surface area contributed by atoms with Gasteiger partial charge in [-0.25, -0.2) is 4.79 Å². The Labute approximate surface area is 122 Å². The maximum absolute atomic E-state index is 12.2. The molecule has 3 nitrogen and oxygen atoms in total. The van der Waals surface area contributed by atoms with Crippen molar-refractivity contribution in [1.82, 2.24) is 4.90 Å². The summed E-state index contributed by atoms with van der Waals surface area (Å²) in [6.07, 6.45) is 1.43. The zero-order chi connectivity index (χ0) is 15.2.